The minimum absolute atomic E-state index is 0.611. The van der Waals surface area contributed by atoms with Crippen LogP contribution in [0, 0.1) is 0 Å². The molecule has 4 heteroatoms. The van der Waals surface area contributed by atoms with E-state index in [1.807, 2.05) is 48.3 Å². The molecule has 0 radical (unpaired) electrons. The molecule has 0 aliphatic carbocycles. The Balaban J connectivity index is 1.79. The van der Waals surface area contributed by atoms with Crippen LogP contribution in [0.4, 0.5) is 11.4 Å². The van der Waals surface area contributed by atoms with Crippen molar-refractivity contribution >= 4 is 23.9 Å². The van der Waals surface area contributed by atoms with Gasteiger partial charge >= 0.3 is 0 Å². The third kappa shape index (κ3) is 3.93. The van der Waals surface area contributed by atoms with E-state index >= 15 is 0 Å². The highest BCUT2D eigenvalue weighted by Gasteiger charge is 2.06. The maximum Gasteiger partial charge on any atom is 0.150 e. The maximum atomic E-state index is 10.8. The first kappa shape index (κ1) is 16.5. The van der Waals surface area contributed by atoms with E-state index in [0.29, 0.717) is 22.6 Å². The van der Waals surface area contributed by atoms with Crippen LogP contribution in [0.3, 0.4) is 0 Å². The summed E-state index contributed by atoms with van der Waals surface area (Å²) in [5.41, 5.74) is 3.19. The van der Waals surface area contributed by atoms with Crippen molar-refractivity contribution < 1.29 is 14.3 Å². The summed E-state index contributed by atoms with van der Waals surface area (Å²) in [7, 11) is 1.95. The smallest absolute Gasteiger partial charge is 0.150 e. The Kier molecular flexibility index (Phi) is 4.90. The van der Waals surface area contributed by atoms with Gasteiger partial charge in [-0.1, -0.05) is 6.07 Å². The van der Waals surface area contributed by atoms with Crippen molar-refractivity contribution in [3.63, 3.8) is 0 Å². The Morgan fingerprint density at radius 2 is 1.32 bits per heavy atom. The average Bonchev–Trinajstić information content (AvgIpc) is 2.68. The molecular formula is C21H17NO3. The number of anilines is 2. The molecule has 25 heavy (non-hydrogen) atoms. The summed E-state index contributed by atoms with van der Waals surface area (Å²) in [6.07, 6.45) is 1.63. The van der Waals surface area contributed by atoms with Gasteiger partial charge in [0.1, 0.15) is 24.1 Å². The lowest BCUT2D eigenvalue weighted by molar-refractivity contribution is 0.111. The van der Waals surface area contributed by atoms with Crippen LogP contribution in [0.2, 0.25) is 0 Å². The minimum atomic E-state index is 0.611. The third-order valence-corrected chi connectivity index (χ3v) is 3.87. The maximum absolute atomic E-state index is 10.8. The zero-order valence-corrected chi connectivity index (χ0v) is 13.8. The molecule has 0 saturated carbocycles. The summed E-state index contributed by atoms with van der Waals surface area (Å²) in [5.74, 6) is 1.37. The molecule has 0 atom stereocenters. The molecule has 0 bridgehead atoms. The van der Waals surface area contributed by atoms with Gasteiger partial charge in [-0.15, -0.1) is 0 Å². The van der Waals surface area contributed by atoms with Gasteiger partial charge in [-0.3, -0.25) is 9.59 Å². The van der Waals surface area contributed by atoms with Gasteiger partial charge in [0.25, 0.3) is 0 Å². The zero-order chi connectivity index (χ0) is 17.6. The van der Waals surface area contributed by atoms with E-state index in [0.717, 1.165) is 23.9 Å². The highest BCUT2D eigenvalue weighted by atomic mass is 16.5. The summed E-state index contributed by atoms with van der Waals surface area (Å²) in [6, 6.07) is 22.0. The molecule has 3 aromatic carbocycles. The SMILES string of the molecule is CN(c1ccc(C=O)cc1)c1cccc(Oc2ccc(C=O)cc2)c1. The van der Waals surface area contributed by atoms with Crippen LogP contribution >= 0.6 is 0 Å². The Hall–Kier alpha value is -3.40. The molecule has 0 N–H and O–H groups in total. The Morgan fingerprint density at radius 1 is 0.720 bits per heavy atom. The predicted octanol–water partition coefficient (Wildman–Crippen LogP) is 4.87. The van der Waals surface area contributed by atoms with Gasteiger partial charge in [-0.2, -0.15) is 0 Å². The number of aldehydes is 2. The molecule has 3 rings (SSSR count). The molecule has 0 aromatic heterocycles. The number of carbonyl (C=O) groups excluding carboxylic acids is 2. The second-order valence-electron chi connectivity index (χ2n) is 5.55. The largest absolute Gasteiger partial charge is 0.457 e. The van der Waals surface area contributed by atoms with E-state index < -0.39 is 0 Å². The average molecular weight is 331 g/mol. The van der Waals surface area contributed by atoms with E-state index in [4.69, 9.17) is 4.74 Å². The van der Waals surface area contributed by atoms with Gasteiger partial charge in [-0.25, -0.2) is 0 Å². The molecule has 3 aromatic rings. The molecule has 0 spiro atoms. The third-order valence-electron chi connectivity index (χ3n) is 3.87. The van der Waals surface area contributed by atoms with Crippen molar-refractivity contribution in [2.45, 2.75) is 0 Å². The Bertz CT molecular complexity index is 870. The fourth-order valence-corrected chi connectivity index (χ4v) is 2.43. The summed E-state index contributed by atoms with van der Waals surface area (Å²) in [4.78, 5) is 23.5. The standard InChI is InChI=1S/C21H17NO3/c1-22(18-9-5-16(14-23)6-10-18)19-3-2-4-21(13-19)25-20-11-7-17(15-24)8-12-20/h2-15H,1H3. The molecule has 0 aliphatic rings. The summed E-state index contributed by atoms with van der Waals surface area (Å²) in [5, 5.41) is 0. The first-order valence-electron chi connectivity index (χ1n) is 7.82. The minimum Gasteiger partial charge on any atom is -0.457 e. The van der Waals surface area contributed by atoms with Gasteiger partial charge < -0.3 is 9.64 Å². The second-order valence-corrected chi connectivity index (χ2v) is 5.55. The van der Waals surface area contributed by atoms with Crippen LogP contribution in [0.1, 0.15) is 20.7 Å². The Labute approximate surface area is 146 Å². The van der Waals surface area contributed by atoms with Gasteiger partial charge in [-0.05, 0) is 60.7 Å². The monoisotopic (exact) mass is 331 g/mol. The van der Waals surface area contributed by atoms with Crippen molar-refractivity contribution in [2.75, 3.05) is 11.9 Å². The van der Waals surface area contributed by atoms with Crippen molar-refractivity contribution in [2.24, 2.45) is 0 Å². The summed E-state index contributed by atoms with van der Waals surface area (Å²) in [6.45, 7) is 0. The molecule has 0 fully saturated rings. The predicted molar refractivity (Wildman–Crippen MR) is 98.2 cm³/mol. The molecule has 0 aliphatic heterocycles. The number of ether oxygens (including phenoxy) is 1. The van der Waals surface area contributed by atoms with Gasteiger partial charge in [0.05, 0.1) is 0 Å². The first-order chi connectivity index (χ1) is 12.2. The molecule has 4 nitrogen and oxygen atoms in total. The number of hydrogen-bond acceptors (Lipinski definition) is 4. The Morgan fingerprint density at radius 3 is 1.92 bits per heavy atom. The fraction of sp³-hybridized carbons (Fsp3) is 0.0476. The first-order valence-corrected chi connectivity index (χ1v) is 7.82. The van der Waals surface area contributed by atoms with Crippen molar-refractivity contribution in [1.82, 2.24) is 0 Å². The second kappa shape index (κ2) is 7.45. The normalized spacial score (nSPS) is 10.1. The van der Waals surface area contributed by atoms with Crippen molar-refractivity contribution in [3.05, 3.63) is 83.9 Å². The molecule has 0 amide bonds. The van der Waals surface area contributed by atoms with Crippen LogP contribution in [-0.2, 0) is 0 Å². The quantitative estimate of drug-likeness (QED) is 0.604. The number of benzene rings is 3. The lowest BCUT2D eigenvalue weighted by Crippen LogP contribution is -2.09. The molecule has 0 heterocycles. The van der Waals surface area contributed by atoms with Gasteiger partial charge in [0.15, 0.2) is 0 Å². The van der Waals surface area contributed by atoms with Crippen molar-refractivity contribution in [3.8, 4) is 11.5 Å². The molecule has 0 saturated heterocycles. The fourth-order valence-electron chi connectivity index (χ4n) is 2.43. The molecule has 124 valence electrons. The lowest BCUT2D eigenvalue weighted by atomic mass is 10.2. The van der Waals surface area contributed by atoms with E-state index in [-0.39, 0.29) is 0 Å². The number of hydrogen-bond donors (Lipinski definition) is 0. The van der Waals surface area contributed by atoms with Crippen LogP contribution in [0.25, 0.3) is 0 Å². The van der Waals surface area contributed by atoms with Gasteiger partial charge in [0.2, 0.25) is 0 Å². The number of nitrogens with zero attached hydrogens (tertiary/aromatic N) is 1. The van der Waals surface area contributed by atoms with E-state index in [1.54, 1.807) is 36.4 Å². The highest BCUT2D eigenvalue weighted by molar-refractivity contribution is 5.76. The number of carbonyl (C=O) groups is 2. The summed E-state index contributed by atoms with van der Waals surface area (Å²) < 4.78 is 5.85. The van der Waals surface area contributed by atoms with Crippen molar-refractivity contribution in [1.29, 1.82) is 0 Å². The van der Waals surface area contributed by atoms with Gasteiger partial charge in [0, 0.05) is 35.6 Å². The number of rotatable bonds is 6. The topological polar surface area (TPSA) is 46.6 Å². The van der Waals surface area contributed by atoms with Crippen LogP contribution in [0.5, 0.6) is 11.5 Å². The molecule has 0 unspecified atom stereocenters. The lowest BCUT2D eigenvalue weighted by Gasteiger charge is -2.20. The van der Waals surface area contributed by atoms with Crippen LogP contribution in [0.15, 0.2) is 72.8 Å². The molecular weight excluding hydrogens is 314 g/mol. The van der Waals surface area contributed by atoms with E-state index in [2.05, 4.69) is 0 Å². The zero-order valence-electron chi connectivity index (χ0n) is 13.8. The van der Waals surface area contributed by atoms with Crippen LogP contribution in [-0.4, -0.2) is 19.6 Å². The van der Waals surface area contributed by atoms with E-state index in [1.165, 1.54) is 0 Å². The van der Waals surface area contributed by atoms with Crippen LogP contribution < -0.4 is 9.64 Å². The van der Waals surface area contributed by atoms with E-state index in [9.17, 15) is 9.59 Å². The highest BCUT2D eigenvalue weighted by Crippen LogP contribution is 2.29. The summed E-state index contributed by atoms with van der Waals surface area (Å²) >= 11 is 0.